The summed E-state index contributed by atoms with van der Waals surface area (Å²) in [5.41, 5.74) is 1.86. The summed E-state index contributed by atoms with van der Waals surface area (Å²) < 4.78 is 5.22. The Labute approximate surface area is 142 Å². The lowest BCUT2D eigenvalue weighted by molar-refractivity contribution is 0.0951. The number of rotatable bonds is 7. The molecule has 3 rings (SSSR count). The zero-order chi connectivity index (χ0) is 17.1. The summed E-state index contributed by atoms with van der Waals surface area (Å²) in [5.74, 6) is 1.63. The van der Waals surface area contributed by atoms with Gasteiger partial charge in [0.2, 0.25) is 5.89 Å². The molecule has 128 valence electrons. The summed E-state index contributed by atoms with van der Waals surface area (Å²) >= 11 is 0. The fourth-order valence-electron chi connectivity index (χ4n) is 2.43. The maximum atomic E-state index is 12.0. The fourth-order valence-corrected chi connectivity index (χ4v) is 2.43. The maximum Gasteiger partial charge on any atom is 0.251 e. The van der Waals surface area contributed by atoms with Crippen molar-refractivity contribution in [2.75, 3.05) is 7.05 Å². The Kier molecular flexibility index (Phi) is 4.94. The minimum absolute atomic E-state index is 0.0189. The van der Waals surface area contributed by atoms with E-state index < -0.39 is 0 Å². The van der Waals surface area contributed by atoms with E-state index in [-0.39, 0.29) is 11.8 Å². The Morgan fingerprint density at radius 3 is 2.58 bits per heavy atom. The molecule has 1 amide bonds. The topological polar surface area (TPSA) is 71.3 Å². The first-order valence-electron chi connectivity index (χ1n) is 8.42. The van der Waals surface area contributed by atoms with Crippen molar-refractivity contribution in [2.45, 2.75) is 51.7 Å². The number of hydrogen-bond acceptors (Lipinski definition) is 5. The van der Waals surface area contributed by atoms with Gasteiger partial charge in [0.15, 0.2) is 5.82 Å². The lowest BCUT2D eigenvalue weighted by atomic mass is 10.1. The number of carbonyl (C=O) groups is 1. The molecule has 1 heterocycles. The van der Waals surface area contributed by atoms with Crippen LogP contribution in [0.2, 0.25) is 0 Å². The molecule has 0 radical (unpaired) electrons. The SMILES string of the molecule is CC(C)c1nc(CN(C)Cc2ccc(C(=O)NC3CC3)cc2)no1. The van der Waals surface area contributed by atoms with Gasteiger partial charge in [0.05, 0.1) is 6.54 Å². The Balaban J connectivity index is 1.53. The molecule has 1 fully saturated rings. The summed E-state index contributed by atoms with van der Waals surface area (Å²) in [7, 11) is 2.01. The van der Waals surface area contributed by atoms with Gasteiger partial charge in [-0.25, -0.2) is 0 Å². The first-order valence-corrected chi connectivity index (χ1v) is 8.42. The lowest BCUT2D eigenvalue weighted by Gasteiger charge is -2.14. The molecule has 0 unspecified atom stereocenters. The molecule has 2 aromatic rings. The van der Waals surface area contributed by atoms with Crippen LogP contribution in [0.1, 0.15) is 60.2 Å². The van der Waals surface area contributed by atoms with E-state index in [2.05, 4.69) is 20.4 Å². The highest BCUT2D eigenvalue weighted by Gasteiger charge is 2.23. The van der Waals surface area contributed by atoms with Gasteiger partial charge in [-0.2, -0.15) is 4.98 Å². The molecule has 1 saturated carbocycles. The minimum atomic E-state index is 0.0189. The number of amides is 1. The van der Waals surface area contributed by atoms with Gasteiger partial charge >= 0.3 is 0 Å². The Morgan fingerprint density at radius 1 is 1.29 bits per heavy atom. The molecule has 24 heavy (non-hydrogen) atoms. The molecule has 1 aromatic heterocycles. The summed E-state index contributed by atoms with van der Waals surface area (Å²) in [4.78, 5) is 18.5. The smallest absolute Gasteiger partial charge is 0.251 e. The van der Waals surface area contributed by atoms with Crippen LogP contribution in [0.15, 0.2) is 28.8 Å². The molecular weight excluding hydrogens is 304 g/mol. The average molecular weight is 328 g/mol. The number of benzene rings is 1. The van der Waals surface area contributed by atoms with Gasteiger partial charge < -0.3 is 9.84 Å². The number of aromatic nitrogens is 2. The Hall–Kier alpha value is -2.21. The van der Waals surface area contributed by atoms with Crippen LogP contribution >= 0.6 is 0 Å². The van der Waals surface area contributed by atoms with Crippen molar-refractivity contribution >= 4 is 5.91 Å². The van der Waals surface area contributed by atoms with Crippen LogP contribution in [0, 0.1) is 0 Å². The molecule has 1 aliphatic rings. The molecular formula is C18H24N4O2. The minimum Gasteiger partial charge on any atom is -0.349 e. The second-order valence-electron chi connectivity index (χ2n) is 6.82. The molecule has 1 aliphatic carbocycles. The summed E-state index contributed by atoms with van der Waals surface area (Å²) in [5, 5.41) is 7.01. The Bertz CT molecular complexity index is 689. The predicted octanol–water partition coefficient (Wildman–Crippen LogP) is 2.72. The normalized spacial score (nSPS) is 14.4. The van der Waals surface area contributed by atoms with E-state index in [4.69, 9.17) is 4.52 Å². The second-order valence-corrected chi connectivity index (χ2v) is 6.82. The van der Waals surface area contributed by atoms with Crippen LogP contribution in [0.25, 0.3) is 0 Å². The van der Waals surface area contributed by atoms with Crippen molar-refractivity contribution in [3.63, 3.8) is 0 Å². The van der Waals surface area contributed by atoms with Crippen LogP contribution in [0.4, 0.5) is 0 Å². The molecule has 0 aliphatic heterocycles. The zero-order valence-corrected chi connectivity index (χ0v) is 14.5. The van der Waals surface area contributed by atoms with Gasteiger partial charge in [0.1, 0.15) is 0 Å². The van der Waals surface area contributed by atoms with E-state index in [0.717, 1.165) is 24.9 Å². The summed E-state index contributed by atoms with van der Waals surface area (Å²) in [6, 6.07) is 8.13. The third-order valence-electron chi connectivity index (χ3n) is 3.97. The first-order chi connectivity index (χ1) is 11.5. The molecule has 1 aromatic carbocycles. The van der Waals surface area contributed by atoms with Gasteiger partial charge in [-0.1, -0.05) is 31.1 Å². The number of nitrogens with zero attached hydrogens (tertiary/aromatic N) is 3. The van der Waals surface area contributed by atoms with Crippen LogP contribution in [0.5, 0.6) is 0 Å². The van der Waals surface area contributed by atoms with Crippen LogP contribution in [-0.2, 0) is 13.1 Å². The molecule has 6 nitrogen and oxygen atoms in total. The fraction of sp³-hybridized carbons (Fsp3) is 0.500. The van der Waals surface area contributed by atoms with Crippen LogP contribution < -0.4 is 5.32 Å². The van der Waals surface area contributed by atoms with Gasteiger partial charge in [0, 0.05) is 24.1 Å². The molecule has 0 atom stereocenters. The highest BCUT2D eigenvalue weighted by atomic mass is 16.5. The first kappa shape index (κ1) is 16.6. The highest BCUT2D eigenvalue weighted by Crippen LogP contribution is 2.19. The van der Waals surface area contributed by atoms with Gasteiger partial charge in [0.25, 0.3) is 5.91 Å². The van der Waals surface area contributed by atoms with E-state index in [1.54, 1.807) is 0 Å². The van der Waals surface area contributed by atoms with Crippen molar-refractivity contribution in [2.24, 2.45) is 0 Å². The Morgan fingerprint density at radius 2 is 2.00 bits per heavy atom. The average Bonchev–Trinajstić information content (AvgIpc) is 3.23. The molecule has 0 spiro atoms. The zero-order valence-electron chi connectivity index (χ0n) is 14.5. The quantitative estimate of drug-likeness (QED) is 0.846. The van der Waals surface area contributed by atoms with Crippen molar-refractivity contribution in [3.8, 4) is 0 Å². The monoisotopic (exact) mass is 328 g/mol. The van der Waals surface area contributed by atoms with E-state index >= 15 is 0 Å². The summed E-state index contributed by atoms with van der Waals surface area (Å²) in [6.07, 6.45) is 2.20. The lowest BCUT2D eigenvalue weighted by Crippen LogP contribution is -2.25. The summed E-state index contributed by atoms with van der Waals surface area (Å²) in [6.45, 7) is 5.44. The van der Waals surface area contributed by atoms with Crippen molar-refractivity contribution in [1.82, 2.24) is 20.4 Å². The van der Waals surface area contributed by atoms with E-state index in [1.165, 1.54) is 0 Å². The third kappa shape index (κ3) is 4.41. The van der Waals surface area contributed by atoms with E-state index in [9.17, 15) is 4.79 Å². The maximum absolute atomic E-state index is 12.0. The molecule has 0 saturated heterocycles. The number of hydrogen-bond donors (Lipinski definition) is 1. The van der Waals surface area contributed by atoms with E-state index in [0.29, 0.717) is 29.9 Å². The standard InChI is InChI=1S/C18H24N4O2/c1-12(2)18-20-16(21-24-18)11-22(3)10-13-4-6-14(7-5-13)17(23)19-15-8-9-15/h4-7,12,15H,8-11H2,1-3H3,(H,19,23). The van der Waals surface area contributed by atoms with Gasteiger partial charge in [-0.05, 0) is 37.6 Å². The molecule has 1 N–H and O–H groups in total. The largest absolute Gasteiger partial charge is 0.349 e. The molecule has 0 bridgehead atoms. The predicted molar refractivity (Wildman–Crippen MR) is 90.5 cm³/mol. The molecule has 6 heteroatoms. The van der Waals surface area contributed by atoms with Gasteiger partial charge in [-0.15, -0.1) is 0 Å². The van der Waals surface area contributed by atoms with Crippen LogP contribution in [0.3, 0.4) is 0 Å². The van der Waals surface area contributed by atoms with E-state index in [1.807, 2.05) is 45.2 Å². The van der Waals surface area contributed by atoms with Crippen molar-refractivity contribution in [3.05, 3.63) is 47.1 Å². The van der Waals surface area contributed by atoms with Crippen LogP contribution in [-0.4, -0.2) is 34.0 Å². The second kappa shape index (κ2) is 7.13. The third-order valence-corrected chi connectivity index (χ3v) is 3.97. The van der Waals surface area contributed by atoms with Crippen molar-refractivity contribution in [1.29, 1.82) is 0 Å². The van der Waals surface area contributed by atoms with Crippen molar-refractivity contribution < 1.29 is 9.32 Å². The number of nitrogens with one attached hydrogen (secondary N) is 1. The number of carbonyl (C=O) groups excluding carboxylic acids is 1. The highest BCUT2D eigenvalue weighted by molar-refractivity contribution is 5.94. The van der Waals surface area contributed by atoms with Gasteiger partial charge in [-0.3, -0.25) is 9.69 Å².